The van der Waals surface area contributed by atoms with Crippen LogP contribution < -0.4 is 16.6 Å². The lowest BCUT2D eigenvalue weighted by Crippen LogP contribution is -2.38. The van der Waals surface area contributed by atoms with Gasteiger partial charge in [0.25, 0.3) is 5.56 Å². The Bertz CT molecular complexity index is 1380. The van der Waals surface area contributed by atoms with E-state index in [4.69, 9.17) is 0 Å². The van der Waals surface area contributed by atoms with E-state index in [1.54, 1.807) is 11.6 Å². The van der Waals surface area contributed by atoms with E-state index in [-0.39, 0.29) is 17.7 Å². The number of hydrogen-bond acceptors (Lipinski definition) is 6. The van der Waals surface area contributed by atoms with E-state index in [2.05, 4.69) is 10.3 Å². The molecule has 0 fully saturated rings. The summed E-state index contributed by atoms with van der Waals surface area (Å²) >= 11 is 0. The molecule has 1 unspecified atom stereocenters. The molecule has 0 spiro atoms. The Balaban J connectivity index is 1.63. The fraction of sp³-hybridized carbons (Fsp3) is 0.320. The second-order valence-corrected chi connectivity index (χ2v) is 8.60. The SMILES string of the molecule is CN(Cc1ccccc1)CC(O)Cn1c(NCc2ccccc2)nc2c1c(=O)n(C)c(=O)n2C. The molecule has 0 aliphatic carbocycles. The number of benzene rings is 2. The fourth-order valence-electron chi connectivity index (χ4n) is 4.12. The van der Waals surface area contributed by atoms with Crippen LogP contribution in [0.3, 0.4) is 0 Å². The Labute approximate surface area is 197 Å². The zero-order valence-electron chi connectivity index (χ0n) is 19.7. The number of rotatable bonds is 9. The minimum Gasteiger partial charge on any atom is -0.390 e. The number of nitrogens with zero attached hydrogens (tertiary/aromatic N) is 5. The molecule has 0 aliphatic rings. The van der Waals surface area contributed by atoms with Gasteiger partial charge in [-0.15, -0.1) is 0 Å². The van der Waals surface area contributed by atoms with Crippen LogP contribution >= 0.6 is 0 Å². The van der Waals surface area contributed by atoms with Gasteiger partial charge in [0.15, 0.2) is 11.2 Å². The maximum Gasteiger partial charge on any atom is 0.332 e. The molecular weight excluding hydrogens is 432 g/mol. The number of fused-ring (bicyclic) bond motifs is 1. The van der Waals surface area contributed by atoms with E-state index < -0.39 is 17.4 Å². The lowest BCUT2D eigenvalue weighted by molar-refractivity contribution is 0.108. The summed E-state index contributed by atoms with van der Waals surface area (Å²) in [6, 6.07) is 19.9. The first-order chi connectivity index (χ1) is 16.3. The number of hydrogen-bond donors (Lipinski definition) is 2. The van der Waals surface area contributed by atoms with Gasteiger partial charge in [-0.3, -0.25) is 18.8 Å². The van der Waals surface area contributed by atoms with Gasteiger partial charge >= 0.3 is 5.69 Å². The molecule has 0 amide bonds. The van der Waals surface area contributed by atoms with E-state index in [1.807, 2.05) is 72.6 Å². The van der Waals surface area contributed by atoms with Crippen LogP contribution in [-0.4, -0.2) is 48.4 Å². The smallest absolute Gasteiger partial charge is 0.332 e. The number of aliphatic hydroxyl groups is 1. The molecule has 2 heterocycles. The first kappa shape index (κ1) is 23.5. The number of imidazole rings is 1. The predicted molar refractivity (Wildman–Crippen MR) is 133 cm³/mol. The molecular formula is C25H30N6O3. The van der Waals surface area contributed by atoms with Gasteiger partial charge in [-0.2, -0.15) is 4.98 Å². The lowest BCUT2D eigenvalue weighted by atomic mass is 10.2. The summed E-state index contributed by atoms with van der Waals surface area (Å²) in [4.78, 5) is 32.1. The maximum atomic E-state index is 13.0. The molecule has 1 atom stereocenters. The van der Waals surface area contributed by atoms with Crippen LogP contribution in [0.15, 0.2) is 70.3 Å². The summed E-state index contributed by atoms with van der Waals surface area (Å²) in [5.41, 5.74) is 1.88. The van der Waals surface area contributed by atoms with Crippen molar-refractivity contribution in [3.05, 3.63) is 92.6 Å². The third-order valence-electron chi connectivity index (χ3n) is 5.85. The van der Waals surface area contributed by atoms with Crippen LogP contribution in [0.1, 0.15) is 11.1 Å². The van der Waals surface area contributed by atoms with E-state index in [0.717, 1.165) is 15.7 Å². The van der Waals surface area contributed by atoms with Gasteiger partial charge in [-0.1, -0.05) is 60.7 Å². The van der Waals surface area contributed by atoms with Crippen LogP contribution in [-0.2, 0) is 33.7 Å². The van der Waals surface area contributed by atoms with Crippen LogP contribution in [0.2, 0.25) is 0 Å². The number of aromatic nitrogens is 4. The van der Waals surface area contributed by atoms with Crippen molar-refractivity contribution in [3.8, 4) is 0 Å². The Kier molecular flexibility index (Phi) is 6.95. The van der Waals surface area contributed by atoms with Crippen LogP contribution in [0.5, 0.6) is 0 Å². The topological polar surface area (TPSA) is 97.3 Å². The average molecular weight is 463 g/mol. The molecule has 0 bridgehead atoms. The van der Waals surface area contributed by atoms with Crippen molar-refractivity contribution in [2.45, 2.75) is 25.7 Å². The fourth-order valence-corrected chi connectivity index (χ4v) is 4.12. The van der Waals surface area contributed by atoms with Crippen LogP contribution in [0.4, 0.5) is 5.95 Å². The number of anilines is 1. The Morgan fingerprint density at radius 3 is 2.24 bits per heavy atom. The van der Waals surface area contributed by atoms with Crippen LogP contribution in [0.25, 0.3) is 11.2 Å². The van der Waals surface area contributed by atoms with Crippen molar-refractivity contribution in [3.63, 3.8) is 0 Å². The summed E-state index contributed by atoms with van der Waals surface area (Å²) < 4.78 is 4.10. The highest BCUT2D eigenvalue weighted by Gasteiger charge is 2.21. The third-order valence-corrected chi connectivity index (χ3v) is 5.85. The molecule has 34 heavy (non-hydrogen) atoms. The zero-order valence-corrected chi connectivity index (χ0v) is 19.7. The highest BCUT2D eigenvalue weighted by Crippen LogP contribution is 2.18. The highest BCUT2D eigenvalue weighted by molar-refractivity contribution is 5.74. The zero-order chi connectivity index (χ0) is 24.2. The minimum atomic E-state index is -0.759. The van der Waals surface area contributed by atoms with Gasteiger partial charge in [0.05, 0.1) is 12.6 Å². The molecule has 0 saturated heterocycles. The number of aliphatic hydroxyl groups excluding tert-OH is 1. The summed E-state index contributed by atoms with van der Waals surface area (Å²) in [5.74, 6) is 0.432. The van der Waals surface area contributed by atoms with Crippen molar-refractivity contribution in [1.82, 2.24) is 23.6 Å². The van der Waals surface area contributed by atoms with E-state index in [9.17, 15) is 14.7 Å². The van der Waals surface area contributed by atoms with Crippen molar-refractivity contribution in [2.75, 3.05) is 18.9 Å². The molecule has 0 saturated carbocycles. The van der Waals surface area contributed by atoms with Crippen molar-refractivity contribution >= 4 is 17.1 Å². The molecule has 4 rings (SSSR count). The standard InChI is InChI=1S/C25H30N6O3/c1-28(15-19-12-8-5-9-13-19)16-20(32)17-31-21-22(29(2)25(34)30(3)23(21)33)27-24(31)26-14-18-10-6-4-7-11-18/h4-13,20,32H,14-17H2,1-3H3,(H,26,27). The van der Waals surface area contributed by atoms with Crippen molar-refractivity contribution in [1.29, 1.82) is 0 Å². The van der Waals surface area contributed by atoms with Crippen molar-refractivity contribution < 1.29 is 5.11 Å². The molecule has 2 aromatic carbocycles. The van der Waals surface area contributed by atoms with Gasteiger partial charge in [-0.25, -0.2) is 4.79 Å². The predicted octanol–water partition coefficient (Wildman–Crippen LogP) is 1.54. The first-order valence-corrected chi connectivity index (χ1v) is 11.2. The molecule has 9 nitrogen and oxygen atoms in total. The summed E-state index contributed by atoms with van der Waals surface area (Å²) in [5, 5.41) is 14.2. The Morgan fingerprint density at radius 2 is 1.59 bits per heavy atom. The van der Waals surface area contributed by atoms with Crippen LogP contribution in [0, 0.1) is 0 Å². The third kappa shape index (κ3) is 4.95. The molecule has 0 aliphatic heterocycles. The molecule has 4 aromatic rings. The lowest BCUT2D eigenvalue weighted by Gasteiger charge is -2.22. The van der Waals surface area contributed by atoms with E-state index in [0.29, 0.717) is 25.6 Å². The van der Waals surface area contributed by atoms with E-state index in [1.165, 1.54) is 11.6 Å². The Hall–Kier alpha value is -3.69. The van der Waals surface area contributed by atoms with E-state index >= 15 is 0 Å². The second kappa shape index (κ2) is 10.1. The minimum absolute atomic E-state index is 0.153. The molecule has 9 heteroatoms. The first-order valence-electron chi connectivity index (χ1n) is 11.2. The second-order valence-electron chi connectivity index (χ2n) is 8.60. The Morgan fingerprint density at radius 1 is 0.971 bits per heavy atom. The average Bonchev–Trinajstić information content (AvgIpc) is 3.19. The van der Waals surface area contributed by atoms with Gasteiger partial charge in [0.1, 0.15) is 0 Å². The normalized spacial score (nSPS) is 12.4. The quantitative estimate of drug-likeness (QED) is 0.392. The molecule has 2 aromatic heterocycles. The number of likely N-dealkylation sites (N-methyl/N-ethyl adjacent to an activating group) is 1. The summed E-state index contributed by atoms with van der Waals surface area (Å²) in [7, 11) is 4.98. The number of nitrogens with one attached hydrogen (secondary N) is 1. The number of aryl methyl sites for hydroxylation is 1. The van der Waals surface area contributed by atoms with Gasteiger partial charge < -0.3 is 15.0 Å². The monoisotopic (exact) mass is 462 g/mol. The maximum absolute atomic E-state index is 13.0. The highest BCUT2D eigenvalue weighted by atomic mass is 16.3. The van der Waals surface area contributed by atoms with Crippen molar-refractivity contribution in [2.24, 2.45) is 14.1 Å². The van der Waals surface area contributed by atoms with Gasteiger partial charge in [-0.05, 0) is 18.2 Å². The van der Waals surface area contributed by atoms with Gasteiger partial charge in [0.2, 0.25) is 5.95 Å². The summed E-state index contributed by atoms with van der Waals surface area (Å²) in [6.07, 6.45) is -0.759. The van der Waals surface area contributed by atoms with Gasteiger partial charge in [0, 0.05) is 33.7 Å². The largest absolute Gasteiger partial charge is 0.390 e. The molecule has 0 radical (unpaired) electrons. The summed E-state index contributed by atoms with van der Waals surface area (Å²) in [6.45, 7) is 1.74. The molecule has 2 N–H and O–H groups in total. The molecule has 178 valence electrons.